The molecule has 0 fully saturated rings. The van der Waals surface area contributed by atoms with Gasteiger partial charge in [-0.2, -0.15) is 0 Å². The summed E-state index contributed by atoms with van der Waals surface area (Å²) in [5, 5.41) is 23.0. The molecule has 1 amide bonds. The van der Waals surface area contributed by atoms with Crippen LogP contribution in [0.5, 0.6) is 0 Å². The van der Waals surface area contributed by atoms with Gasteiger partial charge in [-0.3, -0.25) is 15.4 Å². The number of hydrogen-bond donors (Lipinski definition) is 4. The number of carbonyl (C=O) groups excluding carboxylic acids is 2. The lowest BCUT2D eigenvalue weighted by atomic mass is 9.76. The minimum absolute atomic E-state index is 0.0781. The van der Waals surface area contributed by atoms with E-state index in [1.165, 1.54) is 12.5 Å². The standard InChI is InChI=1S/C55H54ClN3O3/c1-40-27-34-49(35-28-40)55(48-23-13-6-14-24-48,50-25-15-16-26-51(50)56)58-39-43-31-29-42(30-32-43)38-57-53(62)44(37-41(2)60)33-36-52(61)59-54(45-17-7-3-8-18-45,46-19-9-4-10-20-46)47-21-11-5-12-22-47/h3-32,34-35,44,52,58-59,61H,33,36-39H2,1-2H3,(H,57,62)/t44-,52?,55?/m1/s1. The summed E-state index contributed by atoms with van der Waals surface area (Å²) < 4.78 is 0. The number of amides is 1. The predicted molar refractivity (Wildman–Crippen MR) is 250 cm³/mol. The Kier molecular flexibility index (Phi) is 14.6. The van der Waals surface area contributed by atoms with E-state index >= 15 is 0 Å². The normalized spacial score (nSPS) is 13.4. The van der Waals surface area contributed by atoms with Gasteiger partial charge in [0.15, 0.2) is 0 Å². The second-order valence-electron chi connectivity index (χ2n) is 16.0. The van der Waals surface area contributed by atoms with Gasteiger partial charge >= 0.3 is 0 Å². The van der Waals surface area contributed by atoms with Crippen molar-refractivity contribution in [2.24, 2.45) is 5.92 Å². The molecule has 314 valence electrons. The monoisotopic (exact) mass is 839 g/mol. The molecule has 6 nitrogen and oxygen atoms in total. The van der Waals surface area contributed by atoms with Crippen LogP contribution >= 0.6 is 11.6 Å². The second kappa shape index (κ2) is 20.6. The molecule has 0 saturated heterocycles. The van der Waals surface area contributed by atoms with E-state index in [-0.39, 0.29) is 24.5 Å². The van der Waals surface area contributed by atoms with E-state index in [1.807, 2.05) is 103 Å². The Labute approximate surface area is 371 Å². The number of hydrogen-bond acceptors (Lipinski definition) is 5. The van der Waals surface area contributed by atoms with Crippen LogP contribution in [0.25, 0.3) is 0 Å². The van der Waals surface area contributed by atoms with Gasteiger partial charge in [-0.25, -0.2) is 0 Å². The van der Waals surface area contributed by atoms with Crippen LogP contribution in [0.1, 0.15) is 76.3 Å². The number of carbonyl (C=O) groups is 2. The Bertz CT molecular complexity index is 2400. The summed E-state index contributed by atoms with van der Waals surface area (Å²) in [4.78, 5) is 26.2. The maximum absolute atomic E-state index is 13.8. The first-order valence-electron chi connectivity index (χ1n) is 21.3. The molecule has 0 aliphatic carbocycles. The number of halogens is 1. The number of benzene rings is 7. The summed E-state index contributed by atoms with van der Waals surface area (Å²) in [6, 6.07) is 65.3. The van der Waals surface area contributed by atoms with Gasteiger partial charge in [-0.15, -0.1) is 0 Å². The van der Waals surface area contributed by atoms with Crippen molar-refractivity contribution in [3.8, 4) is 0 Å². The molecule has 0 aliphatic heterocycles. The maximum Gasteiger partial charge on any atom is 0.223 e. The van der Waals surface area contributed by atoms with Crippen molar-refractivity contribution in [2.45, 2.75) is 63.5 Å². The molecule has 0 bridgehead atoms. The highest BCUT2D eigenvalue weighted by atomic mass is 35.5. The third-order valence-electron chi connectivity index (χ3n) is 11.7. The Hall–Kier alpha value is -6.15. The van der Waals surface area contributed by atoms with E-state index < -0.39 is 23.2 Å². The maximum atomic E-state index is 13.8. The summed E-state index contributed by atoms with van der Waals surface area (Å²) in [6.07, 6.45) is -0.347. The lowest BCUT2D eigenvalue weighted by molar-refractivity contribution is -0.129. The van der Waals surface area contributed by atoms with Crippen molar-refractivity contribution in [1.82, 2.24) is 16.0 Å². The summed E-state index contributed by atoms with van der Waals surface area (Å²) in [6.45, 7) is 4.43. The minimum atomic E-state index is -0.997. The van der Waals surface area contributed by atoms with Crippen LogP contribution in [-0.2, 0) is 33.8 Å². The van der Waals surface area contributed by atoms with Crippen LogP contribution in [0.15, 0.2) is 194 Å². The SMILES string of the molecule is CC(=O)C[C@@H](CCC(O)NC(c1ccccc1)(c1ccccc1)c1ccccc1)C(=O)NCc1ccc(CNC(c2ccccc2)(c2ccc(C)cc2)c2ccccc2Cl)cc1. The summed E-state index contributed by atoms with van der Waals surface area (Å²) in [7, 11) is 0. The van der Waals surface area contributed by atoms with E-state index in [4.69, 9.17) is 11.6 Å². The van der Waals surface area contributed by atoms with Crippen molar-refractivity contribution in [3.63, 3.8) is 0 Å². The first kappa shape index (κ1) is 43.9. The van der Waals surface area contributed by atoms with Crippen molar-refractivity contribution in [3.05, 3.63) is 249 Å². The average molecular weight is 841 g/mol. The first-order valence-corrected chi connectivity index (χ1v) is 21.7. The van der Waals surface area contributed by atoms with E-state index in [1.54, 1.807) is 0 Å². The highest BCUT2D eigenvalue weighted by Crippen LogP contribution is 2.41. The van der Waals surface area contributed by atoms with Crippen LogP contribution in [0.2, 0.25) is 5.02 Å². The number of aliphatic hydroxyl groups excluding tert-OH is 1. The summed E-state index contributed by atoms with van der Waals surface area (Å²) in [5.74, 6) is -0.903. The molecule has 7 heteroatoms. The summed E-state index contributed by atoms with van der Waals surface area (Å²) >= 11 is 6.97. The van der Waals surface area contributed by atoms with Crippen molar-refractivity contribution in [1.29, 1.82) is 0 Å². The second-order valence-corrected chi connectivity index (χ2v) is 16.4. The van der Waals surface area contributed by atoms with Crippen LogP contribution in [0.3, 0.4) is 0 Å². The largest absolute Gasteiger partial charge is 0.379 e. The lowest BCUT2D eigenvalue weighted by Crippen LogP contribution is -2.50. The molecule has 0 aromatic heterocycles. The quantitative estimate of drug-likeness (QED) is 0.0481. The van der Waals surface area contributed by atoms with Crippen molar-refractivity contribution in [2.75, 3.05) is 0 Å². The molecule has 2 unspecified atom stereocenters. The number of aliphatic hydroxyl groups is 1. The number of rotatable bonds is 19. The molecule has 0 aliphatic rings. The van der Waals surface area contributed by atoms with E-state index in [0.29, 0.717) is 24.5 Å². The molecule has 62 heavy (non-hydrogen) atoms. The zero-order valence-electron chi connectivity index (χ0n) is 35.3. The van der Waals surface area contributed by atoms with Crippen molar-refractivity contribution < 1.29 is 14.7 Å². The number of nitrogens with one attached hydrogen (secondary N) is 3. The van der Waals surface area contributed by atoms with Gasteiger partial charge in [0.2, 0.25) is 5.91 Å². The van der Waals surface area contributed by atoms with E-state index in [9.17, 15) is 14.7 Å². The Morgan fingerprint density at radius 1 is 0.548 bits per heavy atom. The average Bonchev–Trinajstić information content (AvgIpc) is 3.31. The van der Waals surface area contributed by atoms with Gasteiger partial charge in [-0.1, -0.05) is 205 Å². The number of aryl methyl sites for hydroxylation is 1. The van der Waals surface area contributed by atoms with Crippen molar-refractivity contribution >= 4 is 23.3 Å². The zero-order valence-corrected chi connectivity index (χ0v) is 36.1. The van der Waals surface area contributed by atoms with Gasteiger partial charge in [-0.05, 0) is 77.3 Å². The topological polar surface area (TPSA) is 90.5 Å². The van der Waals surface area contributed by atoms with Gasteiger partial charge < -0.3 is 15.2 Å². The zero-order chi connectivity index (χ0) is 43.4. The van der Waals surface area contributed by atoms with Crippen LogP contribution in [0.4, 0.5) is 0 Å². The van der Waals surface area contributed by atoms with Gasteiger partial charge in [0.05, 0.1) is 11.1 Å². The van der Waals surface area contributed by atoms with Crippen LogP contribution < -0.4 is 16.0 Å². The molecule has 0 radical (unpaired) electrons. The molecule has 0 saturated carbocycles. The molecule has 7 rings (SSSR count). The van der Waals surface area contributed by atoms with E-state index in [2.05, 4.69) is 114 Å². The van der Waals surface area contributed by atoms with Gasteiger partial charge in [0.25, 0.3) is 0 Å². The molecule has 7 aromatic carbocycles. The Balaban J connectivity index is 1.04. The fraction of sp³-hybridized carbons (Fsp3) is 0.200. The Morgan fingerprint density at radius 3 is 1.47 bits per heavy atom. The molecule has 3 atom stereocenters. The number of Topliss-reactive ketones (excluding diaryl/α,β-unsaturated/α-hetero) is 1. The predicted octanol–water partition coefficient (Wildman–Crippen LogP) is 10.6. The molecule has 7 aromatic rings. The highest BCUT2D eigenvalue weighted by molar-refractivity contribution is 6.31. The molecule has 4 N–H and O–H groups in total. The third kappa shape index (κ3) is 10.1. The highest BCUT2D eigenvalue weighted by Gasteiger charge is 2.39. The Morgan fingerprint density at radius 2 is 0.984 bits per heavy atom. The molecular weight excluding hydrogens is 786 g/mol. The minimum Gasteiger partial charge on any atom is -0.379 e. The van der Waals surface area contributed by atoms with Crippen LogP contribution in [-0.4, -0.2) is 23.0 Å². The smallest absolute Gasteiger partial charge is 0.223 e. The van der Waals surface area contributed by atoms with E-state index in [0.717, 1.165) is 44.5 Å². The fourth-order valence-electron chi connectivity index (χ4n) is 8.55. The first-order chi connectivity index (χ1) is 30.2. The lowest BCUT2D eigenvalue weighted by Gasteiger charge is -2.39. The molecule has 0 spiro atoms. The number of ketones is 1. The fourth-order valence-corrected chi connectivity index (χ4v) is 8.82. The third-order valence-corrected chi connectivity index (χ3v) is 12.0. The summed E-state index contributed by atoms with van der Waals surface area (Å²) in [5.41, 5.74) is 7.58. The van der Waals surface area contributed by atoms with Crippen LogP contribution in [0, 0.1) is 12.8 Å². The molecule has 0 heterocycles. The molecular formula is C55H54ClN3O3. The van der Waals surface area contributed by atoms with Gasteiger partial charge in [0, 0.05) is 30.5 Å². The van der Waals surface area contributed by atoms with Gasteiger partial charge in [0.1, 0.15) is 12.0 Å².